The quantitative estimate of drug-likeness (QED) is 0.469. The summed E-state index contributed by atoms with van der Waals surface area (Å²) in [5.74, 6) is -2.34. The van der Waals surface area contributed by atoms with Crippen LogP contribution in [-0.4, -0.2) is 57.7 Å². The number of imide groups is 1. The highest BCUT2D eigenvalue weighted by Gasteiger charge is 2.48. The Morgan fingerprint density at radius 1 is 1.15 bits per heavy atom. The maximum atomic E-state index is 12.9. The molecule has 0 bridgehead atoms. The topological polar surface area (TPSA) is 95.0 Å². The summed E-state index contributed by atoms with van der Waals surface area (Å²) in [6.45, 7) is 3.53. The van der Waals surface area contributed by atoms with Gasteiger partial charge in [0, 0.05) is 25.6 Å². The Labute approximate surface area is 194 Å². The molecular weight excluding hydrogens is 420 g/mol. The standard InChI is InChI=1S/C26H32N2O5/c1-26(2)24(32)28(25(33)27(26)3)12-6-8-18(23(30)31)15-22(29)17-10-11-21-19(14-17)13-16-7-4-5-9-20(16)21/h10-11,14,18H,4-9,12-13,15H2,1-3H3,(H,30,31)/t18-/m1/s1. The van der Waals surface area contributed by atoms with Gasteiger partial charge in [-0.3, -0.25) is 19.3 Å². The van der Waals surface area contributed by atoms with Gasteiger partial charge in [0.05, 0.1) is 5.92 Å². The molecule has 0 radical (unpaired) electrons. The lowest BCUT2D eigenvalue weighted by molar-refractivity contribution is -0.141. The van der Waals surface area contributed by atoms with Gasteiger partial charge in [0.2, 0.25) is 0 Å². The number of carbonyl (C=O) groups excluding carboxylic acids is 3. The number of hydrogen-bond donors (Lipinski definition) is 1. The molecule has 3 aliphatic rings. The largest absolute Gasteiger partial charge is 0.481 e. The van der Waals surface area contributed by atoms with Gasteiger partial charge < -0.3 is 10.0 Å². The Hall–Kier alpha value is -2.96. The number of rotatable bonds is 8. The number of Topliss-reactive ketones (excluding diaryl/α,β-unsaturated/α-hetero) is 1. The van der Waals surface area contributed by atoms with Crippen LogP contribution in [0.3, 0.4) is 0 Å². The van der Waals surface area contributed by atoms with Crippen LogP contribution in [0.4, 0.5) is 4.79 Å². The molecule has 1 aliphatic heterocycles. The second-order valence-corrected chi connectivity index (χ2v) is 10.0. The summed E-state index contributed by atoms with van der Waals surface area (Å²) in [6, 6.07) is 5.41. The number of hydrogen-bond acceptors (Lipinski definition) is 4. The van der Waals surface area contributed by atoms with Crippen molar-refractivity contribution in [3.05, 3.63) is 40.5 Å². The highest BCUT2D eigenvalue weighted by Crippen LogP contribution is 2.41. The average Bonchev–Trinajstić information content (AvgIpc) is 3.22. The number of fused-ring (bicyclic) bond motifs is 2. The van der Waals surface area contributed by atoms with Crippen LogP contribution in [0.1, 0.15) is 80.3 Å². The number of likely N-dealkylation sites (N-methyl/N-ethyl adjacent to an activating group) is 1. The molecule has 4 rings (SSSR count). The molecule has 0 saturated carbocycles. The Morgan fingerprint density at radius 2 is 1.88 bits per heavy atom. The smallest absolute Gasteiger partial charge is 0.327 e. The maximum absolute atomic E-state index is 12.9. The third-order valence-corrected chi connectivity index (χ3v) is 7.58. The van der Waals surface area contributed by atoms with Gasteiger partial charge in [-0.2, -0.15) is 0 Å². The van der Waals surface area contributed by atoms with Crippen molar-refractivity contribution in [1.29, 1.82) is 0 Å². The molecule has 0 unspecified atom stereocenters. The summed E-state index contributed by atoms with van der Waals surface area (Å²) in [5, 5.41) is 9.67. The molecule has 1 saturated heterocycles. The molecule has 176 valence electrons. The number of carbonyl (C=O) groups is 4. The minimum absolute atomic E-state index is 0.0887. The van der Waals surface area contributed by atoms with E-state index < -0.39 is 17.4 Å². The number of benzene rings is 1. The number of urea groups is 1. The molecule has 2 aliphatic carbocycles. The van der Waals surface area contributed by atoms with Crippen LogP contribution in [0, 0.1) is 5.92 Å². The van der Waals surface area contributed by atoms with E-state index in [-0.39, 0.29) is 37.1 Å². The van der Waals surface area contributed by atoms with Gasteiger partial charge in [0.25, 0.3) is 5.91 Å². The monoisotopic (exact) mass is 452 g/mol. The molecule has 0 aromatic heterocycles. The summed E-state index contributed by atoms with van der Waals surface area (Å²) in [4.78, 5) is 52.2. The molecule has 1 heterocycles. The second kappa shape index (κ2) is 8.76. The van der Waals surface area contributed by atoms with Crippen LogP contribution >= 0.6 is 0 Å². The fraction of sp³-hybridized carbons (Fsp3) is 0.538. The number of nitrogens with zero attached hydrogens (tertiary/aromatic N) is 2. The Balaban J connectivity index is 1.36. The first-order valence-electron chi connectivity index (χ1n) is 11.8. The number of aliphatic carboxylic acids is 1. The third-order valence-electron chi connectivity index (χ3n) is 7.58. The fourth-order valence-electron chi connectivity index (χ4n) is 5.25. The minimum Gasteiger partial charge on any atom is -0.481 e. The van der Waals surface area contributed by atoms with Crippen LogP contribution in [0.25, 0.3) is 5.57 Å². The third kappa shape index (κ3) is 4.21. The van der Waals surface area contributed by atoms with Crippen molar-refractivity contribution in [1.82, 2.24) is 9.80 Å². The lowest BCUT2D eigenvalue weighted by Gasteiger charge is -2.22. The van der Waals surface area contributed by atoms with E-state index >= 15 is 0 Å². The Kier molecular flexibility index (Phi) is 6.16. The van der Waals surface area contributed by atoms with E-state index in [1.165, 1.54) is 44.9 Å². The van der Waals surface area contributed by atoms with Crippen LogP contribution in [0.2, 0.25) is 0 Å². The van der Waals surface area contributed by atoms with Crippen LogP contribution < -0.4 is 0 Å². The zero-order chi connectivity index (χ0) is 23.9. The Bertz CT molecular complexity index is 1050. The van der Waals surface area contributed by atoms with Crippen LogP contribution in [0.5, 0.6) is 0 Å². The van der Waals surface area contributed by atoms with Crippen molar-refractivity contribution in [2.24, 2.45) is 5.92 Å². The van der Waals surface area contributed by atoms with Gasteiger partial charge in [0.1, 0.15) is 5.54 Å². The normalized spacial score (nSPS) is 20.2. The van der Waals surface area contributed by atoms with Crippen LogP contribution in [-0.2, 0) is 16.0 Å². The molecule has 3 amide bonds. The number of carboxylic acid groups (broad SMARTS) is 1. The SMILES string of the molecule is CN1C(=O)N(CCC[C@H](CC(=O)c2ccc3c(c2)CC2=C3CCCC2)C(=O)O)C(=O)C1(C)C. The van der Waals surface area contributed by atoms with E-state index in [9.17, 15) is 24.3 Å². The van der Waals surface area contributed by atoms with E-state index in [2.05, 4.69) is 0 Å². The molecule has 1 atom stereocenters. The number of amides is 3. The predicted molar refractivity (Wildman–Crippen MR) is 124 cm³/mol. The van der Waals surface area contributed by atoms with Gasteiger partial charge in [-0.25, -0.2) is 4.79 Å². The maximum Gasteiger partial charge on any atom is 0.327 e. The molecule has 1 fully saturated rings. The van der Waals surface area contributed by atoms with Crippen molar-refractivity contribution in [2.45, 2.75) is 70.8 Å². The Morgan fingerprint density at radius 3 is 2.55 bits per heavy atom. The number of carboxylic acids is 1. The van der Waals surface area contributed by atoms with E-state index in [0.29, 0.717) is 12.0 Å². The van der Waals surface area contributed by atoms with E-state index in [1.54, 1.807) is 20.9 Å². The summed E-state index contributed by atoms with van der Waals surface area (Å²) in [5.41, 5.74) is 5.03. The minimum atomic E-state index is -1.03. The molecule has 7 heteroatoms. The highest BCUT2D eigenvalue weighted by molar-refractivity contribution is 6.06. The molecular formula is C26H32N2O5. The molecule has 1 aromatic rings. The summed E-state index contributed by atoms with van der Waals surface area (Å²) >= 11 is 0. The fourth-order valence-corrected chi connectivity index (χ4v) is 5.25. The summed E-state index contributed by atoms with van der Waals surface area (Å²) in [6.07, 6.45) is 6.04. The van der Waals surface area contributed by atoms with Gasteiger partial charge >= 0.3 is 12.0 Å². The first-order chi connectivity index (χ1) is 15.6. The molecule has 0 spiro atoms. The van der Waals surface area contributed by atoms with Crippen LogP contribution in [0.15, 0.2) is 23.8 Å². The lowest BCUT2D eigenvalue weighted by Crippen LogP contribution is -2.41. The zero-order valence-electron chi connectivity index (χ0n) is 19.6. The summed E-state index contributed by atoms with van der Waals surface area (Å²) in [7, 11) is 1.58. The van der Waals surface area contributed by atoms with Gasteiger partial charge in [-0.15, -0.1) is 0 Å². The first-order valence-corrected chi connectivity index (χ1v) is 11.8. The highest BCUT2D eigenvalue weighted by atomic mass is 16.4. The average molecular weight is 453 g/mol. The first kappa shape index (κ1) is 23.2. The van der Waals surface area contributed by atoms with Crippen molar-refractivity contribution in [2.75, 3.05) is 13.6 Å². The van der Waals surface area contributed by atoms with E-state index in [4.69, 9.17) is 0 Å². The molecule has 33 heavy (non-hydrogen) atoms. The van der Waals surface area contributed by atoms with Crippen molar-refractivity contribution >= 4 is 29.3 Å². The number of allylic oxidation sites excluding steroid dienone is 2. The molecule has 1 N–H and O–H groups in total. The van der Waals surface area contributed by atoms with Gasteiger partial charge in [-0.1, -0.05) is 17.7 Å². The van der Waals surface area contributed by atoms with Crippen molar-refractivity contribution in [3.8, 4) is 0 Å². The second-order valence-electron chi connectivity index (χ2n) is 10.0. The van der Waals surface area contributed by atoms with Crippen molar-refractivity contribution < 1.29 is 24.3 Å². The molecule has 1 aromatic carbocycles. The van der Waals surface area contributed by atoms with Gasteiger partial charge in [-0.05, 0) is 81.6 Å². The summed E-state index contributed by atoms with van der Waals surface area (Å²) < 4.78 is 0. The van der Waals surface area contributed by atoms with Crippen molar-refractivity contribution in [3.63, 3.8) is 0 Å². The number of ketones is 1. The molecule has 7 nitrogen and oxygen atoms in total. The predicted octanol–water partition coefficient (Wildman–Crippen LogP) is 4.30. The van der Waals surface area contributed by atoms with E-state index in [1.807, 2.05) is 18.2 Å². The lowest BCUT2D eigenvalue weighted by atomic mass is 9.91. The van der Waals surface area contributed by atoms with Gasteiger partial charge in [0.15, 0.2) is 5.78 Å². The zero-order valence-corrected chi connectivity index (χ0v) is 19.6. The van der Waals surface area contributed by atoms with E-state index in [0.717, 1.165) is 19.3 Å².